The number of hydrogen-bond acceptors (Lipinski definition) is 7. The summed E-state index contributed by atoms with van der Waals surface area (Å²) >= 11 is 0. The molecule has 0 aliphatic carbocycles. The van der Waals surface area contributed by atoms with Crippen LogP contribution in [0.15, 0.2) is 54.9 Å². The first kappa shape index (κ1) is 24.6. The highest BCUT2D eigenvalue weighted by Gasteiger charge is 2.20. The molecular weight excluding hydrogens is 491 g/mol. The van der Waals surface area contributed by atoms with Crippen molar-refractivity contribution in [2.75, 3.05) is 31.8 Å². The van der Waals surface area contributed by atoms with Gasteiger partial charge in [-0.1, -0.05) is 6.07 Å². The van der Waals surface area contributed by atoms with Gasteiger partial charge in [0.25, 0.3) is 5.91 Å². The predicted molar refractivity (Wildman–Crippen MR) is 142 cm³/mol. The summed E-state index contributed by atoms with van der Waals surface area (Å²) in [5.74, 6) is -0.00889. The SMILES string of the molecule is COc1cc2ccn(CC(=O)N(C)C)c2cc1Nc1nc(Nc2cccc(F)c2C(N)=O)c2ccnc-2[nH]1. The minimum Gasteiger partial charge on any atom is -0.495 e. The number of fused-ring (bicyclic) bond motifs is 2. The summed E-state index contributed by atoms with van der Waals surface area (Å²) in [5, 5.41) is 7.13. The predicted octanol–water partition coefficient (Wildman–Crippen LogP) is 3.69. The molecule has 0 spiro atoms. The number of hydrogen-bond donors (Lipinski definition) is 4. The van der Waals surface area contributed by atoms with Gasteiger partial charge in [0.2, 0.25) is 11.9 Å². The molecule has 12 heteroatoms. The fraction of sp³-hybridized carbons (Fsp3) is 0.154. The van der Waals surface area contributed by atoms with Crippen molar-refractivity contribution in [1.82, 2.24) is 24.4 Å². The minimum atomic E-state index is -0.905. The molecule has 0 saturated heterocycles. The highest BCUT2D eigenvalue weighted by molar-refractivity contribution is 6.00. The first-order chi connectivity index (χ1) is 18.2. The third kappa shape index (κ3) is 4.54. The van der Waals surface area contributed by atoms with E-state index in [1.807, 2.05) is 29.0 Å². The molecule has 3 aromatic rings. The van der Waals surface area contributed by atoms with Crippen LogP contribution in [0.4, 0.5) is 27.5 Å². The van der Waals surface area contributed by atoms with Crippen molar-refractivity contribution in [3.05, 3.63) is 66.2 Å². The summed E-state index contributed by atoms with van der Waals surface area (Å²) in [5.41, 5.74) is 7.33. The molecule has 11 nitrogen and oxygen atoms in total. The van der Waals surface area contributed by atoms with Crippen molar-refractivity contribution >= 4 is 45.9 Å². The Labute approximate surface area is 216 Å². The average Bonchev–Trinajstić information content (AvgIpc) is 3.50. The summed E-state index contributed by atoms with van der Waals surface area (Å²) in [7, 11) is 4.97. The molecule has 0 atom stereocenters. The van der Waals surface area contributed by atoms with Crippen LogP contribution in [-0.2, 0) is 11.3 Å². The molecule has 2 aliphatic heterocycles. The van der Waals surface area contributed by atoms with Gasteiger partial charge in [-0.2, -0.15) is 4.98 Å². The van der Waals surface area contributed by atoms with Crippen LogP contribution >= 0.6 is 0 Å². The molecule has 2 aromatic carbocycles. The monoisotopic (exact) mass is 516 g/mol. The van der Waals surface area contributed by atoms with Crippen LogP contribution in [0.25, 0.3) is 22.3 Å². The van der Waals surface area contributed by atoms with Gasteiger partial charge < -0.3 is 35.6 Å². The Bertz CT molecular complexity index is 1640. The van der Waals surface area contributed by atoms with Gasteiger partial charge in [-0.25, -0.2) is 9.37 Å². The van der Waals surface area contributed by atoms with Crippen LogP contribution in [0, 0.1) is 5.82 Å². The largest absolute Gasteiger partial charge is 0.495 e. The van der Waals surface area contributed by atoms with Crippen LogP contribution in [0.5, 0.6) is 5.75 Å². The normalized spacial score (nSPS) is 11.1. The van der Waals surface area contributed by atoms with Crippen molar-refractivity contribution < 1.29 is 18.7 Å². The van der Waals surface area contributed by atoms with E-state index in [0.29, 0.717) is 34.6 Å². The number of aromatic amines is 1. The minimum absolute atomic E-state index is 0.0426. The fourth-order valence-electron chi connectivity index (χ4n) is 4.13. The zero-order valence-corrected chi connectivity index (χ0v) is 20.9. The van der Waals surface area contributed by atoms with Gasteiger partial charge in [-0.05, 0) is 36.4 Å². The molecule has 0 fully saturated rings. The second-order valence-electron chi connectivity index (χ2n) is 8.76. The number of aromatic nitrogens is 4. The van der Waals surface area contributed by atoms with Gasteiger partial charge in [-0.15, -0.1) is 0 Å². The standard InChI is InChI=1S/C26H25FN8O3/c1-34(2)21(36)13-35-10-8-14-11-20(38-3)18(12-19(14)35)31-26-32-24-15(7-9-29-24)25(33-26)30-17-6-4-5-16(27)22(17)23(28)37/h4-12H,13H2,1-3H3,(H2,28,37)(H3,29,30,31,32,33). The summed E-state index contributed by atoms with van der Waals surface area (Å²) < 4.78 is 21.8. The number of nitrogens with two attached hydrogens (primary N) is 1. The zero-order chi connectivity index (χ0) is 27.0. The maximum absolute atomic E-state index is 14.3. The lowest BCUT2D eigenvalue weighted by Gasteiger charge is -2.17. The van der Waals surface area contributed by atoms with E-state index < -0.39 is 11.7 Å². The summed E-state index contributed by atoms with van der Waals surface area (Å²) in [6.45, 7) is 0.180. The number of nitrogens with zero attached hydrogens (tertiary/aromatic N) is 4. The molecule has 5 rings (SSSR count). The third-order valence-electron chi connectivity index (χ3n) is 6.08. The van der Waals surface area contributed by atoms with E-state index in [1.165, 1.54) is 17.0 Å². The topological polar surface area (TPSA) is 143 Å². The van der Waals surface area contributed by atoms with Crippen molar-refractivity contribution in [3.63, 3.8) is 0 Å². The van der Waals surface area contributed by atoms with E-state index in [0.717, 1.165) is 17.0 Å². The number of carbonyl (C=O) groups excluding carboxylic acids is 2. The average molecular weight is 517 g/mol. The molecule has 0 radical (unpaired) electrons. The Morgan fingerprint density at radius 2 is 1.97 bits per heavy atom. The number of amides is 2. The van der Waals surface area contributed by atoms with Crippen molar-refractivity contribution in [2.45, 2.75) is 6.54 Å². The van der Waals surface area contributed by atoms with E-state index in [2.05, 4.69) is 25.6 Å². The molecule has 5 N–H and O–H groups in total. The number of rotatable bonds is 8. The molecular formula is C26H25FN8O3. The van der Waals surface area contributed by atoms with Crippen molar-refractivity contribution in [3.8, 4) is 17.1 Å². The third-order valence-corrected chi connectivity index (χ3v) is 6.08. The van der Waals surface area contributed by atoms with E-state index in [9.17, 15) is 14.0 Å². The van der Waals surface area contributed by atoms with Crippen molar-refractivity contribution in [1.29, 1.82) is 0 Å². The number of ether oxygens (including phenoxy) is 1. The molecule has 3 heterocycles. The molecule has 0 bridgehead atoms. The van der Waals surface area contributed by atoms with Crippen LogP contribution in [0.1, 0.15) is 10.4 Å². The Morgan fingerprint density at radius 3 is 2.71 bits per heavy atom. The van der Waals surface area contributed by atoms with E-state index in [4.69, 9.17) is 10.5 Å². The summed E-state index contributed by atoms with van der Waals surface area (Å²) in [6.07, 6.45) is 3.44. The molecule has 2 amide bonds. The van der Waals surface area contributed by atoms with Gasteiger partial charge >= 0.3 is 0 Å². The summed E-state index contributed by atoms with van der Waals surface area (Å²) in [4.78, 5) is 37.8. The Kier molecular flexibility index (Phi) is 6.29. The van der Waals surface area contributed by atoms with Crippen LogP contribution in [-0.4, -0.2) is 57.4 Å². The van der Waals surface area contributed by atoms with E-state index in [1.54, 1.807) is 33.5 Å². The molecule has 0 saturated carbocycles. The Morgan fingerprint density at radius 1 is 1.16 bits per heavy atom. The number of H-pyrrole nitrogens is 1. The first-order valence-electron chi connectivity index (χ1n) is 11.6. The van der Waals surface area contributed by atoms with Gasteiger partial charge in [0, 0.05) is 31.9 Å². The summed E-state index contributed by atoms with van der Waals surface area (Å²) in [6, 6.07) is 11.5. The number of nitrogens with one attached hydrogen (secondary N) is 3. The fourth-order valence-corrected chi connectivity index (χ4v) is 4.13. The van der Waals surface area contributed by atoms with Gasteiger partial charge in [0.1, 0.15) is 29.8 Å². The zero-order valence-electron chi connectivity index (χ0n) is 20.9. The molecule has 2 aliphatic rings. The van der Waals surface area contributed by atoms with Gasteiger partial charge in [0.05, 0.1) is 35.1 Å². The smallest absolute Gasteiger partial charge is 0.253 e. The van der Waals surface area contributed by atoms with Gasteiger partial charge in [0.15, 0.2) is 0 Å². The van der Waals surface area contributed by atoms with Crippen LogP contribution < -0.4 is 21.1 Å². The number of carbonyl (C=O) groups is 2. The second kappa shape index (κ2) is 9.73. The van der Waals surface area contributed by atoms with Crippen LogP contribution in [0.2, 0.25) is 0 Å². The molecule has 38 heavy (non-hydrogen) atoms. The van der Waals surface area contributed by atoms with Crippen LogP contribution in [0.3, 0.4) is 0 Å². The lowest BCUT2D eigenvalue weighted by Crippen LogP contribution is -2.25. The highest BCUT2D eigenvalue weighted by atomic mass is 19.1. The Hall–Kier alpha value is -5.13. The van der Waals surface area contributed by atoms with E-state index >= 15 is 0 Å². The highest BCUT2D eigenvalue weighted by Crippen LogP contribution is 2.35. The number of benzene rings is 2. The van der Waals surface area contributed by atoms with Gasteiger partial charge in [-0.3, -0.25) is 9.59 Å². The maximum Gasteiger partial charge on any atom is 0.253 e. The molecule has 194 valence electrons. The lowest BCUT2D eigenvalue weighted by molar-refractivity contribution is -0.129. The quantitative estimate of drug-likeness (QED) is 0.246. The van der Waals surface area contributed by atoms with E-state index in [-0.39, 0.29) is 23.7 Å². The number of primary amides is 1. The van der Waals surface area contributed by atoms with Crippen molar-refractivity contribution in [2.24, 2.45) is 5.73 Å². The molecule has 0 unspecified atom stereocenters. The maximum atomic E-state index is 14.3. The Balaban J connectivity index is 1.54. The second-order valence-corrected chi connectivity index (χ2v) is 8.76. The first-order valence-corrected chi connectivity index (χ1v) is 11.6. The number of halogens is 1. The molecule has 1 aromatic heterocycles. The number of anilines is 4. The number of methoxy groups -OCH3 is 1. The number of likely N-dealkylation sites (N-methyl/N-ethyl adjacent to an activating group) is 1. The lowest BCUT2D eigenvalue weighted by atomic mass is 10.1.